The van der Waals surface area contributed by atoms with Gasteiger partial charge in [0.25, 0.3) is 0 Å². The molecule has 0 spiro atoms. The van der Waals surface area contributed by atoms with Crippen LogP contribution in [0.15, 0.2) is 71.6 Å². The minimum atomic E-state index is -0.220. The number of anilines is 3. The predicted molar refractivity (Wildman–Crippen MR) is 162 cm³/mol. The first-order chi connectivity index (χ1) is 18.3. The van der Waals surface area contributed by atoms with Gasteiger partial charge in [0.05, 0.1) is 5.69 Å². The Morgan fingerprint density at radius 1 is 0.842 bits per heavy atom. The molecule has 0 saturated carbocycles. The van der Waals surface area contributed by atoms with E-state index in [0.717, 1.165) is 59.9 Å². The van der Waals surface area contributed by atoms with E-state index in [4.69, 9.17) is 17.3 Å². The van der Waals surface area contributed by atoms with Crippen LogP contribution in [0.2, 0.25) is 5.02 Å². The number of nitrogens with two attached hydrogens (primary N) is 1. The van der Waals surface area contributed by atoms with Gasteiger partial charge in [0, 0.05) is 70.5 Å². The van der Waals surface area contributed by atoms with Crippen molar-refractivity contribution < 1.29 is 4.39 Å². The molecule has 0 amide bonds. The highest BCUT2D eigenvalue weighted by Gasteiger charge is 2.26. The van der Waals surface area contributed by atoms with Crippen molar-refractivity contribution in [2.24, 2.45) is 0 Å². The van der Waals surface area contributed by atoms with Crippen molar-refractivity contribution in [3.8, 4) is 22.4 Å². The van der Waals surface area contributed by atoms with Crippen molar-refractivity contribution in [3.63, 3.8) is 0 Å². The second-order valence-electron chi connectivity index (χ2n) is 10.1. The number of nitrogens with zero attached hydrogens (tertiary/aromatic N) is 3. The zero-order chi connectivity index (χ0) is 27.0. The fourth-order valence-electron chi connectivity index (χ4n) is 5.55. The Kier molecular flexibility index (Phi) is 7.64. The molecule has 4 aromatic rings. The summed E-state index contributed by atoms with van der Waals surface area (Å²) in [7, 11) is 0. The van der Waals surface area contributed by atoms with Gasteiger partial charge < -0.3 is 20.1 Å². The van der Waals surface area contributed by atoms with E-state index in [1.807, 2.05) is 24.3 Å². The van der Waals surface area contributed by atoms with Gasteiger partial charge in [-0.1, -0.05) is 23.7 Å². The van der Waals surface area contributed by atoms with E-state index in [1.165, 1.54) is 16.3 Å². The number of rotatable bonds is 6. The topological polar surface area (TPSA) is 37.4 Å². The molecule has 38 heavy (non-hydrogen) atoms. The van der Waals surface area contributed by atoms with Crippen molar-refractivity contribution in [1.29, 1.82) is 0 Å². The van der Waals surface area contributed by atoms with Crippen molar-refractivity contribution in [2.75, 3.05) is 48.0 Å². The molecule has 5 rings (SSSR count). The monoisotopic (exact) mass is 548 g/mol. The second kappa shape index (κ2) is 11.0. The lowest BCUT2D eigenvalue weighted by Crippen LogP contribution is -2.46. The highest BCUT2D eigenvalue weighted by molar-refractivity contribution is 7.98. The summed E-state index contributed by atoms with van der Waals surface area (Å²) in [6.07, 6.45) is 2.10. The van der Waals surface area contributed by atoms with Gasteiger partial charge >= 0.3 is 0 Å². The first kappa shape index (κ1) is 26.5. The van der Waals surface area contributed by atoms with Gasteiger partial charge in [-0.25, -0.2) is 4.39 Å². The first-order valence-electron chi connectivity index (χ1n) is 13.0. The van der Waals surface area contributed by atoms with Gasteiger partial charge in [-0.3, -0.25) is 0 Å². The van der Waals surface area contributed by atoms with Crippen LogP contribution in [0.25, 0.3) is 22.4 Å². The van der Waals surface area contributed by atoms with E-state index in [0.29, 0.717) is 5.02 Å². The number of aromatic nitrogens is 1. The summed E-state index contributed by atoms with van der Waals surface area (Å²) in [6.45, 7) is 9.91. The van der Waals surface area contributed by atoms with E-state index in [1.54, 1.807) is 23.9 Å². The summed E-state index contributed by atoms with van der Waals surface area (Å²) >= 11 is 7.95. The van der Waals surface area contributed by atoms with Gasteiger partial charge in [-0.15, -0.1) is 11.8 Å². The lowest BCUT2D eigenvalue weighted by atomic mass is 9.99. The molecule has 4 nitrogen and oxygen atoms in total. The Labute approximate surface area is 234 Å². The molecule has 0 aliphatic carbocycles. The molecule has 1 saturated heterocycles. The molecular formula is C31H34ClFN4S. The van der Waals surface area contributed by atoms with Gasteiger partial charge in [0.2, 0.25) is 0 Å². The van der Waals surface area contributed by atoms with E-state index in [2.05, 4.69) is 71.7 Å². The molecule has 2 heterocycles. The van der Waals surface area contributed by atoms with Crippen LogP contribution in [0, 0.1) is 12.7 Å². The quantitative estimate of drug-likeness (QED) is 0.195. The highest BCUT2D eigenvalue weighted by Crippen LogP contribution is 2.46. The molecule has 198 valence electrons. The van der Waals surface area contributed by atoms with Gasteiger partial charge in [0.15, 0.2) is 0 Å². The largest absolute Gasteiger partial charge is 0.399 e. The van der Waals surface area contributed by atoms with Crippen molar-refractivity contribution >= 4 is 40.4 Å². The summed E-state index contributed by atoms with van der Waals surface area (Å²) in [5, 5.41) is 0.700. The molecule has 1 aliphatic heterocycles. The van der Waals surface area contributed by atoms with Crippen LogP contribution in [0.3, 0.4) is 0 Å². The zero-order valence-electron chi connectivity index (χ0n) is 22.3. The number of hydrogen-bond acceptors (Lipinski definition) is 4. The number of halogens is 2. The second-order valence-corrected chi connectivity index (χ2v) is 11.3. The predicted octanol–water partition coefficient (Wildman–Crippen LogP) is 8.13. The Morgan fingerprint density at radius 2 is 1.45 bits per heavy atom. The third-order valence-corrected chi connectivity index (χ3v) is 8.47. The van der Waals surface area contributed by atoms with E-state index < -0.39 is 0 Å². The van der Waals surface area contributed by atoms with Crippen LogP contribution in [0.1, 0.15) is 25.6 Å². The molecule has 7 heteroatoms. The Morgan fingerprint density at radius 3 is 2.03 bits per heavy atom. The number of nitrogen functional groups attached to an aromatic ring is 1. The van der Waals surface area contributed by atoms with Gasteiger partial charge in [0.1, 0.15) is 5.82 Å². The van der Waals surface area contributed by atoms with Gasteiger partial charge in [-0.2, -0.15) is 0 Å². The summed E-state index contributed by atoms with van der Waals surface area (Å²) in [4.78, 5) is 5.81. The highest BCUT2D eigenvalue weighted by atomic mass is 35.5. The first-order valence-corrected chi connectivity index (χ1v) is 14.6. The maximum absolute atomic E-state index is 15.3. The van der Waals surface area contributed by atoms with Crippen molar-refractivity contribution in [2.45, 2.75) is 31.7 Å². The lowest BCUT2D eigenvalue weighted by molar-refractivity contribution is 0.591. The zero-order valence-corrected chi connectivity index (χ0v) is 23.9. The molecule has 0 radical (unpaired) electrons. The Hall–Kier alpha value is -3.09. The summed E-state index contributed by atoms with van der Waals surface area (Å²) in [5.74, 6) is -0.220. The van der Waals surface area contributed by atoms with E-state index >= 15 is 4.39 Å². The smallest absolute Gasteiger partial charge is 0.125 e. The Balaban J connectivity index is 1.54. The fourth-order valence-corrected chi connectivity index (χ4v) is 6.49. The summed E-state index contributed by atoms with van der Waals surface area (Å²) in [5.41, 5.74) is 14.1. The minimum Gasteiger partial charge on any atom is -0.399 e. The third-order valence-electron chi connectivity index (χ3n) is 7.31. The van der Waals surface area contributed by atoms with Gasteiger partial charge in [-0.05, 0) is 92.8 Å². The van der Waals surface area contributed by atoms with Crippen LogP contribution in [-0.4, -0.2) is 37.0 Å². The number of hydrogen-bond donors (Lipinski definition) is 1. The lowest BCUT2D eigenvalue weighted by Gasteiger charge is -2.37. The normalized spacial score (nSPS) is 14.0. The summed E-state index contributed by atoms with van der Waals surface area (Å²) < 4.78 is 17.6. The maximum atomic E-state index is 15.3. The average Bonchev–Trinajstić information content (AvgIpc) is 3.21. The number of benzene rings is 3. The summed E-state index contributed by atoms with van der Waals surface area (Å²) in [6, 6.07) is 21.7. The van der Waals surface area contributed by atoms with Crippen LogP contribution < -0.4 is 15.5 Å². The third kappa shape index (κ3) is 5.12. The van der Waals surface area contributed by atoms with E-state index in [9.17, 15) is 0 Å². The molecule has 2 N–H and O–H groups in total. The molecule has 1 aromatic heterocycles. The van der Waals surface area contributed by atoms with Crippen LogP contribution in [0.5, 0.6) is 0 Å². The Bertz CT molecular complexity index is 1420. The molecule has 1 aliphatic rings. The van der Waals surface area contributed by atoms with Crippen molar-refractivity contribution in [1.82, 2.24) is 4.57 Å². The van der Waals surface area contributed by atoms with Crippen LogP contribution in [0.4, 0.5) is 21.5 Å². The standard InChI is InChI=1S/C31H34ClFN4S/c1-20(2)37-21(3)31(38-4)29(30(37)22-5-7-24(32)8-6-22)23-17-25(33)19-28(18-23)36-15-13-35(14-16-36)27-11-9-26(34)10-12-27/h5-12,17-20H,13-16,34H2,1-4H3. The van der Waals surface area contributed by atoms with Crippen molar-refractivity contribution in [3.05, 3.63) is 83.3 Å². The number of thioether (sulfide) groups is 1. The maximum Gasteiger partial charge on any atom is 0.125 e. The minimum absolute atomic E-state index is 0.220. The molecule has 0 unspecified atom stereocenters. The van der Waals surface area contributed by atoms with Crippen LogP contribution in [-0.2, 0) is 0 Å². The molecule has 1 fully saturated rings. The molecule has 3 aromatic carbocycles. The fraction of sp³-hybridized carbons (Fsp3) is 0.290. The average molecular weight is 549 g/mol. The SMILES string of the molecule is CSc1c(-c2cc(F)cc(N3CCN(c4ccc(N)cc4)CC3)c2)c(-c2ccc(Cl)cc2)n(C(C)C)c1C. The molecular weight excluding hydrogens is 515 g/mol. The number of piperazine rings is 1. The van der Waals surface area contributed by atoms with E-state index in [-0.39, 0.29) is 11.9 Å². The molecule has 0 bridgehead atoms. The van der Waals surface area contributed by atoms with Crippen LogP contribution >= 0.6 is 23.4 Å². The molecule has 0 atom stereocenters.